The largest absolute Gasteiger partial charge is 0.377 e. The summed E-state index contributed by atoms with van der Waals surface area (Å²) in [6, 6.07) is 0. The molecule has 3 N–H and O–H groups in total. The molecule has 5 heteroatoms. The molecule has 0 saturated carbocycles. The van der Waals surface area contributed by atoms with Crippen molar-refractivity contribution in [2.24, 2.45) is 11.8 Å². The van der Waals surface area contributed by atoms with Crippen LogP contribution in [-0.2, 0) is 4.57 Å². The molecule has 0 fully saturated rings. The predicted molar refractivity (Wildman–Crippen MR) is 46.7 cm³/mol. The van der Waals surface area contributed by atoms with Gasteiger partial charge in [-0.1, -0.05) is 27.7 Å². The molecule has 0 bridgehead atoms. The van der Waals surface area contributed by atoms with E-state index < -0.39 is 24.8 Å². The smallest absolute Gasteiger partial charge is 0.357 e. The van der Waals surface area contributed by atoms with E-state index in [9.17, 15) is 9.67 Å². The molecule has 0 spiro atoms. The van der Waals surface area contributed by atoms with Gasteiger partial charge in [0.25, 0.3) is 0 Å². The summed E-state index contributed by atoms with van der Waals surface area (Å²) in [5.41, 5.74) is 0. The van der Waals surface area contributed by atoms with Gasteiger partial charge in [-0.3, -0.25) is 4.57 Å². The van der Waals surface area contributed by atoms with Crippen LogP contribution in [0.4, 0.5) is 0 Å². The molecule has 0 aliphatic rings. The molecule has 0 aromatic carbocycles. The Balaban J connectivity index is 5.03. The lowest BCUT2D eigenvalue weighted by atomic mass is 9.96. The van der Waals surface area contributed by atoms with E-state index in [1.54, 1.807) is 27.7 Å². The lowest BCUT2D eigenvalue weighted by Gasteiger charge is -2.36. The van der Waals surface area contributed by atoms with Crippen molar-refractivity contribution >= 4 is 7.60 Å². The Hall–Kier alpha value is 0.110. The molecule has 0 atom stereocenters. The monoisotopic (exact) mass is 196 g/mol. The molecule has 4 nitrogen and oxygen atoms in total. The van der Waals surface area contributed by atoms with Crippen molar-refractivity contribution in [3.05, 3.63) is 0 Å². The molecule has 0 unspecified atom stereocenters. The molecule has 0 rings (SSSR count). The van der Waals surface area contributed by atoms with Gasteiger partial charge in [0.15, 0.2) is 5.34 Å². The third-order valence-corrected chi connectivity index (χ3v) is 4.13. The van der Waals surface area contributed by atoms with Crippen LogP contribution in [0.2, 0.25) is 0 Å². The van der Waals surface area contributed by atoms with E-state index in [0.29, 0.717) is 0 Å². The highest BCUT2D eigenvalue weighted by Gasteiger charge is 2.50. The number of rotatable bonds is 3. The molecule has 0 aliphatic carbocycles. The van der Waals surface area contributed by atoms with Gasteiger partial charge in [-0.15, -0.1) is 0 Å². The normalized spacial score (nSPS) is 14.4. The molecule has 74 valence electrons. The molecule has 0 aromatic rings. The van der Waals surface area contributed by atoms with Crippen molar-refractivity contribution < 1.29 is 19.5 Å². The highest BCUT2D eigenvalue weighted by atomic mass is 31.2. The fraction of sp³-hybridized carbons (Fsp3) is 1.00. The van der Waals surface area contributed by atoms with E-state index in [-0.39, 0.29) is 0 Å². The van der Waals surface area contributed by atoms with Gasteiger partial charge in [0, 0.05) is 0 Å². The van der Waals surface area contributed by atoms with Crippen molar-refractivity contribution in [3.8, 4) is 0 Å². The fourth-order valence-electron chi connectivity index (χ4n) is 1.34. The van der Waals surface area contributed by atoms with Gasteiger partial charge >= 0.3 is 7.60 Å². The van der Waals surface area contributed by atoms with Crippen LogP contribution in [0, 0.1) is 11.8 Å². The van der Waals surface area contributed by atoms with E-state index in [2.05, 4.69) is 0 Å². The molecule has 0 radical (unpaired) electrons. The van der Waals surface area contributed by atoms with E-state index >= 15 is 0 Å². The summed E-state index contributed by atoms with van der Waals surface area (Å²) in [6.45, 7) is 6.39. The van der Waals surface area contributed by atoms with Crippen LogP contribution in [0.3, 0.4) is 0 Å². The zero-order chi connectivity index (χ0) is 10.2. The van der Waals surface area contributed by atoms with Crippen LogP contribution < -0.4 is 0 Å². The van der Waals surface area contributed by atoms with Gasteiger partial charge in [-0.25, -0.2) is 0 Å². The minimum Gasteiger partial charge on any atom is -0.377 e. The molecule has 0 amide bonds. The second kappa shape index (κ2) is 3.46. The summed E-state index contributed by atoms with van der Waals surface area (Å²) >= 11 is 0. The first-order chi connectivity index (χ1) is 5.14. The summed E-state index contributed by atoms with van der Waals surface area (Å²) in [4.78, 5) is 17.9. The summed E-state index contributed by atoms with van der Waals surface area (Å²) in [5, 5.41) is 7.84. The van der Waals surface area contributed by atoms with Gasteiger partial charge in [-0.05, 0) is 11.8 Å². The Kier molecular flexibility index (Phi) is 3.49. The second-order valence-corrected chi connectivity index (χ2v) is 5.44. The van der Waals surface area contributed by atoms with Crippen LogP contribution in [0.1, 0.15) is 27.7 Å². The summed E-state index contributed by atoms with van der Waals surface area (Å²) < 4.78 is 11.0. The van der Waals surface area contributed by atoms with Crippen LogP contribution in [0.5, 0.6) is 0 Å². The maximum atomic E-state index is 11.0. The minimum absolute atomic E-state index is 0.460. The van der Waals surface area contributed by atoms with Crippen LogP contribution in [0.15, 0.2) is 0 Å². The van der Waals surface area contributed by atoms with Crippen LogP contribution in [0.25, 0.3) is 0 Å². The van der Waals surface area contributed by atoms with Crippen LogP contribution in [-0.4, -0.2) is 20.2 Å². The summed E-state index contributed by atoms with van der Waals surface area (Å²) in [5.74, 6) is -0.920. The number of aliphatic hydroxyl groups is 1. The summed E-state index contributed by atoms with van der Waals surface area (Å²) in [7, 11) is -4.44. The van der Waals surface area contributed by atoms with E-state index in [4.69, 9.17) is 9.79 Å². The molecule has 0 heterocycles. The summed E-state index contributed by atoms with van der Waals surface area (Å²) in [6.07, 6.45) is 0. The molecule has 0 aliphatic heterocycles. The Labute approximate surface area is 72.8 Å². The quantitative estimate of drug-likeness (QED) is 0.592. The van der Waals surface area contributed by atoms with Crippen molar-refractivity contribution in [3.63, 3.8) is 0 Å². The molecule has 0 saturated heterocycles. The standard InChI is InChI=1S/C7H17O4P/c1-5(2)7(8,6(3)4)12(9,10)11/h5-6,8H,1-4H3,(H2,9,10,11). The Morgan fingerprint density at radius 2 is 1.33 bits per heavy atom. The van der Waals surface area contributed by atoms with Gasteiger partial charge in [0.1, 0.15) is 0 Å². The topological polar surface area (TPSA) is 77.8 Å². The Morgan fingerprint density at radius 1 is 1.08 bits per heavy atom. The third-order valence-electron chi connectivity index (χ3n) is 2.17. The number of hydrogen-bond acceptors (Lipinski definition) is 2. The zero-order valence-electron chi connectivity index (χ0n) is 7.85. The predicted octanol–water partition coefficient (Wildman–Crippen LogP) is 1.16. The number of hydrogen-bond donors (Lipinski definition) is 3. The average molecular weight is 196 g/mol. The van der Waals surface area contributed by atoms with Crippen molar-refractivity contribution in [1.29, 1.82) is 0 Å². The van der Waals surface area contributed by atoms with Gasteiger partial charge in [-0.2, -0.15) is 0 Å². The molecule has 0 aromatic heterocycles. The van der Waals surface area contributed by atoms with Crippen molar-refractivity contribution in [2.45, 2.75) is 33.0 Å². The zero-order valence-corrected chi connectivity index (χ0v) is 8.75. The van der Waals surface area contributed by atoms with Crippen molar-refractivity contribution in [1.82, 2.24) is 0 Å². The molecular weight excluding hydrogens is 179 g/mol. The third kappa shape index (κ3) is 1.88. The molecular formula is C7H17O4P. The maximum Gasteiger partial charge on any atom is 0.357 e. The van der Waals surface area contributed by atoms with Crippen molar-refractivity contribution in [2.75, 3.05) is 0 Å². The lowest BCUT2D eigenvalue weighted by molar-refractivity contribution is 0.00800. The minimum atomic E-state index is -4.44. The first-order valence-electron chi connectivity index (χ1n) is 3.92. The maximum absolute atomic E-state index is 11.0. The van der Waals surface area contributed by atoms with Gasteiger partial charge in [0.2, 0.25) is 0 Å². The first-order valence-corrected chi connectivity index (χ1v) is 5.53. The Bertz CT molecular complexity index is 186. The Morgan fingerprint density at radius 3 is 1.33 bits per heavy atom. The van der Waals surface area contributed by atoms with Gasteiger partial charge in [0.05, 0.1) is 0 Å². The van der Waals surface area contributed by atoms with E-state index in [0.717, 1.165) is 0 Å². The SMILES string of the molecule is CC(C)C(O)(C(C)C)P(=O)(O)O. The van der Waals surface area contributed by atoms with Gasteiger partial charge < -0.3 is 14.9 Å². The van der Waals surface area contributed by atoms with Crippen LogP contribution >= 0.6 is 7.60 Å². The second-order valence-electron chi connectivity index (χ2n) is 3.64. The van der Waals surface area contributed by atoms with E-state index in [1.807, 2.05) is 0 Å². The molecule has 12 heavy (non-hydrogen) atoms. The average Bonchev–Trinajstić information content (AvgIpc) is 1.82. The highest BCUT2D eigenvalue weighted by molar-refractivity contribution is 7.53. The highest BCUT2D eigenvalue weighted by Crippen LogP contribution is 2.56. The lowest BCUT2D eigenvalue weighted by Crippen LogP contribution is -2.40. The fourth-order valence-corrected chi connectivity index (χ4v) is 2.68. The first kappa shape index (κ1) is 12.1. The van der Waals surface area contributed by atoms with E-state index in [1.165, 1.54) is 0 Å².